The van der Waals surface area contributed by atoms with Crippen LogP contribution < -0.4 is 5.32 Å². The van der Waals surface area contributed by atoms with E-state index in [9.17, 15) is 4.79 Å². The van der Waals surface area contributed by atoms with Gasteiger partial charge in [0.2, 0.25) is 0 Å². The van der Waals surface area contributed by atoms with Crippen LogP contribution in [0.15, 0.2) is 73.1 Å². The van der Waals surface area contributed by atoms with Gasteiger partial charge in [-0.1, -0.05) is 42.5 Å². The Morgan fingerprint density at radius 1 is 0.960 bits per heavy atom. The molecule has 0 radical (unpaired) electrons. The second-order valence-electron chi connectivity index (χ2n) is 5.85. The van der Waals surface area contributed by atoms with Gasteiger partial charge in [-0.2, -0.15) is 0 Å². The molecule has 4 aromatic rings. The molecule has 1 amide bonds. The van der Waals surface area contributed by atoms with Crippen LogP contribution in [0.4, 0.5) is 0 Å². The lowest BCUT2D eigenvalue weighted by Crippen LogP contribution is -2.17. The van der Waals surface area contributed by atoms with E-state index < -0.39 is 0 Å². The molecule has 0 saturated carbocycles. The van der Waals surface area contributed by atoms with Gasteiger partial charge in [0, 0.05) is 41.5 Å². The zero-order valence-electron chi connectivity index (χ0n) is 13.8. The van der Waals surface area contributed by atoms with Crippen molar-refractivity contribution in [2.75, 3.05) is 7.05 Å². The van der Waals surface area contributed by atoms with E-state index in [4.69, 9.17) is 0 Å². The van der Waals surface area contributed by atoms with E-state index in [2.05, 4.69) is 33.5 Å². The third-order valence-electron chi connectivity index (χ3n) is 4.30. The van der Waals surface area contributed by atoms with Gasteiger partial charge in [-0.25, -0.2) is 4.98 Å². The van der Waals surface area contributed by atoms with Gasteiger partial charge in [0.15, 0.2) is 0 Å². The lowest BCUT2D eigenvalue weighted by molar-refractivity contribution is 0.0963. The van der Waals surface area contributed by atoms with Crippen molar-refractivity contribution in [2.24, 2.45) is 0 Å². The number of rotatable bonds is 3. The van der Waals surface area contributed by atoms with Crippen molar-refractivity contribution in [1.29, 1.82) is 0 Å². The quantitative estimate of drug-likeness (QED) is 0.591. The fourth-order valence-electron chi connectivity index (χ4n) is 3.00. The monoisotopic (exact) mass is 327 g/mol. The number of amides is 1. The van der Waals surface area contributed by atoms with Crippen molar-refractivity contribution in [3.05, 3.63) is 78.6 Å². The Bertz CT molecular complexity index is 1050. The molecule has 2 N–H and O–H groups in total. The van der Waals surface area contributed by atoms with Gasteiger partial charge in [0.1, 0.15) is 5.65 Å². The molecule has 0 aliphatic heterocycles. The number of nitrogens with zero attached hydrogens (tertiary/aromatic N) is 1. The number of benzene rings is 2. The summed E-state index contributed by atoms with van der Waals surface area (Å²) in [4.78, 5) is 19.7. The number of nitrogens with one attached hydrogen (secondary N) is 2. The SMILES string of the molecule is CNC(=O)c1cccc(-c2c[nH]c3ncc(-c4ccccc4)cc23)c1. The number of H-pyrrole nitrogens is 1. The zero-order valence-corrected chi connectivity index (χ0v) is 13.8. The number of carbonyl (C=O) groups is 1. The van der Waals surface area contributed by atoms with Crippen molar-refractivity contribution in [3.63, 3.8) is 0 Å². The molecule has 2 aromatic carbocycles. The molecule has 0 bridgehead atoms. The molecule has 0 spiro atoms. The van der Waals surface area contributed by atoms with Crippen LogP contribution in [0.25, 0.3) is 33.3 Å². The lowest BCUT2D eigenvalue weighted by Gasteiger charge is -2.05. The van der Waals surface area contributed by atoms with Crippen LogP contribution >= 0.6 is 0 Å². The molecule has 2 heterocycles. The highest BCUT2D eigenvalue weighted by Gasteiger charge is 2.11. The van der Waals surface area contributed by atoms with Gasteiger partial charge in [-0.15, -0.1) is 0 Å². The Morgan fingerprint density at radius 3 is 2.56 bits per heavy atom. The third-order valence-corrected chi connectivity index (χ3v) is 4.30. The number of aromatic nitrogens is 2. The number of aromatic amines is 1. The van der Waals surface area contributed by atoms with Crippen LogP contribution in [-0.4, -0.2) is 22.9 Å². The second-order valence-corrected chi connectivity index (χ2v) is 5.85. The maximum atomic E-state index is 11.9. The van der Waals surface area contributed by atoms with E-state index in [1.165, 1.54) is 0 Å². The highest BCUT2D eigenvalue weighted by molar-refractivity contribution is 5.99. The molecule has 2 aromatic heterocycles. The zero-order chi connectivity index (χ0) is 17.2. The van der Waals surface area contributed by atoms with Crippen molar-refractivity contribution < 1.29 is 4.79 Å². The number of hydrogen-bond donors (Lipinski definition) is 2. The molecule has 122 valence electrons. The molecule has 0 fully saturated rings. The average Bonchev–Trinajstić information content (AvgIpc) is 3.11. The minimum Gasteiger partial charge on any atom is -0.355 e. The molecular formula is C21H17N3O. The van der Waals surface area contributed by atoms with Crippen LogP contribution in [-0.2, 0) is 0 Å². The fourth-order valence-corrected chi connectivity index (χ4v) is 3.00. The highest BCUT2D eigenvalue weighted by Crippen LogP contribution is 2.31. The molecule has 4 heteroatoms. The summed E-state index contributed by atoms with van der Waals surface area (Å²) in [6.45, 7) is 0. The maximum Gasteiger partial charge on any atom is 0.251 e. The Balaban J connectivity index is 1.84. The number of fused-ring (bicyclic) bond motifs is 1. The topological polar surface area (TPSA) is 57.8 Å². The number of pyridine rings is 1. The van der Waals surface area contributed by atoms with E-state index in [-0.39, 0.29) is 5.91 Å². The normalized spacial score (nSPS) is 10.8. The van der Waals surface area contributed by atoms with Gasteiger partial charge in [0.25, 0.3) is 5.91 Å². The van der Waals surface area contributed by atoms with Gasteiger partial charge in [0.05, 0.1) is 0 Å². The summed E-state index contributed by atoms with van der Waals surface area (Å²) < 4.78 is 0. The lowest BCUT2D eigenvalue weighted by atomic mass is 10.0. The van der Waals surface area contributed by atoms with Gasteiger partial charge < -0.3 is 10.3 Å². The van der Waals surface area contributed by atoms with E-state index in [0.717, 1.165) is 33.3 Å². The van der Waals surface area contributed by atoms with Crippen molar-refractivity contribution in [2.45, 2.75) is 0 Å². The summed E-state index contributed by atoms with van der Waals surface area (Å²) in [6, 6.07) is 19.9. The summed E-state index contributed by atoms with van der Waals surface area (Å²) >= 11 is 0. The molecular weight excluding hydrogens is 310 g/mol. The Morgan fingerprint density at radius 2 is 1.76 bits per heavy atom. The summed E-state index contributed by atoms with van der Waals surface area (Å²) in [6.07, 6.45) is 3.81. The van der Waals surface area contributed by atoms with Crippen molar-refractivity contribution in [1.82, 2.24) is 15.3 Å². The minimum absolute atomic E-state index is 0.0928. The Kier molecular flexibility index (Phi) is 3.78. The first kappa shape index (κ1) is 15.1. The van der Waals surface area contributed by atoms with Crippen LogP contribution in [0.2, 0.25) is 0 Å². The molecule has 0 aliphatic carbocycles. The Hall–Kier alpha value is -3.40. The van der Waals surface area contributed by atoms with Crippen LogP contribution in [0.3, 0.4) is 0 Å². The van der Waals surface area contributed by atoms with Crippen molar-refractivity contribution >= 4 is 16.9 Å². The van der Waals surface area contributed by atoms with Crippen LogP contribution in [0.5, 0.6) is 0 Å². The van der Waals surface area contributed by atoms with Crippen molar-refractivity contribution in [3.8, 4) is 22.3 Å². The van der Waals surface area contributed by atoms with E-state index in [1.807, 2.05) is 54.9 Å². The summed E-state index contributed by atoms with van der Waals surface area (Å²) in [5.41, 5.74) is 5.69. The standard InChI is InChI=1S/C21H17N3O/c1-22-21(25)16-9-5-8-15(10-16)19-13-24-20-18(19)11-17(12-23-20)14-6-3-2-4-7-14/h2-13H,1H3,(H,22,25)(H,23,24). The molecule has 0 saturated heterocycles. The molecule has 0 atom stereocenters. The van der Waals surface area contributed by atoms with Crippen LogP contribution in [0, 0.1) is 0 Å². The molecule has 4 nitrogen and oxygen atoms in total. The van der Waals surface area contributed by atoms with Gasteiger partial charge >= 0.3 is 0 Å². The fraction of sp³-hybridized carbons (Fsp3) is 0.0476. The van der Waals surface area contributed by atoms with Crippen LogP contribution in [0.1, 0.15) is 10.4 Å². The predicted molar refractivity (Wildman–Crippen MR) is 100 cm³/mol. The number of carbonyl (C=O) groups excluding carboxylic acids is 1. The smallest absolute Gasteiger partial charge is 0.251 e. The summed E-state index contributed by atoms with van der Waals surface area (Å²) in [5.74, 6) is -0.0928. The molecule has 0 unspecified atom stereocenters. The minimum atomic E-state index is -0.0928. The second kappa shape index (κ2) is 6.24. The third kappa shape index (κ3) is 2.78. The maximum absolute atomic E-state index is 11.9. The van der Waals surface area contributed by atoms with Gasteiger partial charge in [-0.05, 0) is 29.3 Å². The first-order valence-electron chi connectivity index (χ1n) is 8.11. The molecule has 4 rings (SSSR count). The predicted octanol–water partition coefficient (Wildman–Crippen LogP) is 4.26. The summed E-state index contributed by atoms with van der Waals surface area (Å²) in [7, 11) is 1.64. The van der Waals surface area contributed by atoms with E-state index in [1.54, 1.807) is 7.05 Å². The molecule has 0 aliphatic rings. The Labute approximate surface area is 145 Å². The molecule has 25 heavy (non-hydrogen) atoms. The first-order chi connectivity index (χ1) is 12.3. The first-order valence-corrected chi connectivity index (χ1v) is 8.11. The highest BCUT2D eigenvalue weighted by atomic mass is 16.1. The largest absolute Gasteiger partial charge is 0.355 e. The van der Waals surface area contributed by atoms with E-state index >= 15 is 0 Å². The van der Waals surface area contributed by atoms with E-state index in [0.29, 0.717) is 5.56 Å². The van der Waals surface area contributed by atoms with Gasteiger partial charge in [-0.3, -0.25) is 4.79 Å². The summed E-state index contributed by atoms with van der Waals surface area (Å²) in [5, 5.41) is 3.70. The number of hydrogen-bond acceptors (Lipinski definition) is 2. The average molecular weight is 327 g/mol.